The summed E-state index contributed by atoms with van der Waals surface area (Å²) in [5.74, 6) is 0.774. The first-order chi connectivity index (χ1) is 14.0. The maximum Gasteiger partial charge on any atom is 0.337 e. The maximum absolute atomic E-state index is 11.7. The number of carboxylic acid groups (broad SMARTS) is 1. The minimum Gasteiger partial charge on any atom is -0.493 e. The van der Waals surface area contributed by atoms with Gasteiger partial charge < -0.3 is 19.3 Å². The predicted octanol–water partition coefficient (Wildman–Crippen LogP) is 4.72. The van der Waals surface area contributed by atoms with Crippen LogP contribution in [-0.2, 0) is 6.42 Å². The quantitative estimate of drug-likeness (QED) is 0.595. The van der Waals surface area contributed by atoms with Crippen molar-refractivity contribution in [3.05, 3.63) is 59.4 Å². The van der Waals surface area contributed by atoms with Crippen LogP contribution in [0.5, 0.6) is 17.2 Å². The second kappa shape index (κ2) is 8.82. The van der Waals surface area contributed by atoms with E-state index in [-0.39, 0.29) is 11.7 Å². The van der Waals surface area contributed by atoms with Gasteiger partial charge in [-0.1, -0.05) is 19.1 Å². The van der Waals surface area contributed by atoms with Crippen molar-refractivity contribution in [3.8, 4) is 17.2 Å². The summed E-state index contributed by atoms with van der Waals surface area (Å²) in [6, 6.07) is 11.3. The first kappa shape index (κ1) is 20.5. The first-order valence-electron chi connectivity index (χ1n) is 9.49. The molecule has 1 heterocycles. The van der Waals surface area contributed by atoms with Gasteiger partial charge in [-0.15, -0.1) is 0 Å². The molecule has 0 saturated heterocycles. The molecule has 0 amide bonds. The van der Waals surface area contributed by atoms with Crippen LogP contribution in [0, 0.1) is 0 Å². The topological polar surface area (TPSA) is 77.9 Å². The van der Waals surface area contributed by atoms with E-state index in [4.69, 9.17) is 14.2 Å². The van der Waals surface area contributed by atoms with Crippen LogP contribution >= 0.6 is 0 Å². The third kappa shape index (κ3) is 4.42. The number of hydrogen-bond acceptors (Lipinski definition) is 5. The molecule has 1 atom stereocenters. The van der Waals surface area contributed by atoms with Crippen molar-refractivity contribution in [3.63, 3.8) is 0 Å². The highest BCUT2D eigenvalue weighted by Gasteiger charge is 2.17. The van der Waals surface area contributed by atoms with Crippen molar-refractivity contribution in [2.24, 2.45) is 0 Å². The van der Waals surface area contributed by atoms with Crippen molar-refractivity contribution in [2.45, 2.75) is 32.8 Å². The zero-order valence-electron chi connectivity index (χ0n) is 17.1. The van der Waals surface area contributed by atoms with Gasteiger partial charge in [0.2, 0.25) is 0 Å². The summed E-state index contributed by atoms with van der Waals surface area (Å²) >= 11 is 0. The normalized spacial score (nSPS) is 11.9. The Kier molecular flexibility index (Phi) is 6.22. The highest BCUT2D eigenvalue weighted by atomic mass is 16.5. The summed E-state index contributed by atoms with van der Waals surface area (Å²) in [6.45, 7) is 4.11. The molecule has 0 aliphatic rings. The third-order valence-electron chi connectivity index (χ3n) is 4.89. The van der Waals surface area contributed by atoms with E-state index in [0.717, 1.165) is 28.8 Å². The van der Waals surface area contributed by atoms with E-state index in [2.05, 4.69) is 11.9 Å². The van der Waals surface area contributed by atoms with Gasteiger partial charge >= 0.3 is 5.97 Å². The van der Waals surface area contributed by atoms with Crippen molar-refractivity contribution in [1.82, 2.24) is 4.98 Å². The van der Waals surface area contributed by atoms with Crippen molar-refractivity contribution in [1.29, 1.82) is 0 Å². The average Bonchev–Trinajstić information content (AvgIpc) is 2.72. The second-order valence-corrected chi connectivity index (χ2v) is 6.84. The Morgan fingerprint density at radius 2 is 1.79 bits per heavy atom. The van der Waals surface area contributed by atoms with Gasteiger partial charge in [0, 0.05) is 23.4 Å². The second-order valence-electron chi connectivity index (χ2n) is 6.84. The summed E-state index contributed by atoms with van der Waals surface area (Å²) in [5.41, 5.74) is 1.91. The number of carboxylic acids is 1. The maximum atomic E-state index is 11.7. The molecule has 2 aromatic carbocycles. The number of rotatable bonds is 8. The Labute approximate surface area is 170 Å². The highest BCUT2D eigenvalue weighted by molar-refractivity contribution is 6.05. The van der Waals surface area contributed by atoms with Crippen LogP contribution in [0.1, 0.15) is 41.9 Å². The van der Waals surface area contributed by atoms with Crippen molar-refractivity contribution < 1.29 is 24.1 Å². The molecular formula is C23H25NO5. The Bertz CT molecular complexity index is 1030. The van der Waals surface area contributed by atoms with Gasteiger partial charge in [0.05, 0.1) is 31.6 Å². The third-order valence-corrected chi connectivity index (χ3v) is 4.89. The van der Waals surface area contributed by atoms with E-state index < -0.39 is 5.97 Å². The van der Waals surface area contributed by atoms with E-state index in [1.165, 1.54) is 13.3 Å². The minimum atomic E-state index is -1.04. The van der Waals surface area contributed by atoms with E-state index in [0.29, 0.717) is 23.3 Å². The SMILES string of the molecule is CCC(C)Oc1cccc(Cc2ncc(C(=O)O)c3cc(OC)c(OC)cc23)c1. The zero-order valence-corrected chi connectivity index (χ0v) is 17.1. The van der Waals surface area contributed by atoms with E-state index in [9.17, 15) is 9.90 Å². The molecule has 3 rings (SSSR count). The molecule has 0 spiro atoms. The number of pyridine rings is 1. The summed E-state index contributed by atoms with van der Waals surface area (Å²) in [7, 11) is 3.07. The van der Waals surface area contributed by atoms with Gasteiger partial charge in [-0.25, -0.2) is 4.79 Å². The van der Waals surface area contributed by atoms with E-state index in [1.807, 2.05) is 31.2 Å². The summed E-state index contributed by atoms with van der Waals surface area (Å²) in [6.07, 6.45) is 2.99. The fourth-order valence-corrected chi connectivity index (χ4v) is 3.17. The number of fused-ring (bicyclic) bond motifs is 1. The number of benzene rings is 2. The number of aromatic carboxylic acids is 1. The monoisotopic (exact) mass is 395 g/mol. The summed E-state index contributed by atoms with van der Waals surface area (Å²) < 4.78 is 16.7. The summed E-state index contributed by atoms with van der Waals surface area (Å²) in [5, 5.41) is 10.8. The number of aromatic nitrogens is 1. The van der Waals surface area contributed by atoms with Crippen molar-refractivity contribution in [2.75, 3.05) is 14.2 Å². The highest BCUT2D eigenvalue weighted by Crippen LogP contribution is 2.35. The lowest BCUT2D eigenvalue weighted by Crippen LogP contribution is -2.09. The molecule has 1 N–H and O–H groups in total. The molecule has 0 fully saturated rings. The number of carbonyl (C=O) groups is 1. The summed E-state index contributed by atoms with van der Waals surface area (Å²) in [4.78, 5) is 16.1. The number of methoxy groups -OCH3 is 2. The Balaban J connectivity index is 2.07. The molecule has 29 heavy (non-hydrogen) atoms. The fourth-order valence-electron chi connectivity index (χ4n) is 3.17. The Morgan fingerprint density at radius 3 is 2.41 bits per heavy atom. The Morgan fingerprint density at radius 1 is 1.10 bits per heavy atom. The lowest BCUT2D eigenvalue weighted by Gasteiger charge is -2.15. The number of nitrogens with zero attached hydrogens (tertiary/aromatic N) is 1. The molecule has 6 nitrogen and oxygen atoms in total. The van der Waals surface area contributed by atoms with Gasteiger partial charge in [0.15, 0.2) is 11.5 Å². The zero-order chi connectivity index (χ0) is 21.0. The Hall–Kier alpha value is -3.28. The lowest BCUT2D eigenvalue weighted by molar-refractivity contribution is 0.0698. The number of hydrogen-bond donors (Lipinski definition) is 1. The lowest BCUT2D eigenvalue weighted by atomic mass is 10.00. The molecule has 152 valence electrons. The smallest absolute Gasteiger partial charge is 0.337 e. The molecule has 6 heteroatoms. The van der Waals surface area contributed by atoms with Gasteiger partial charge in [0.1, 0.15) is 5.75 Å². The standard InChI is InChI=1S/C23H25NO5/c1-5-14(2)29-16-8-6-7-15(9-16)10-20-18-12-22(28-4)21(27-3)11-17(18)19(13-24-20)23(25)26/h6-9,11-14H,5,10H2,1-4H3,(H,25,26). The predicted molar refractivity (Wildman–Crippen MR) is 111 cm³/mol. The van der Waals surface area contributed by atoms with Crippen LogP contribution in [0.2, 0.25) is 0 Å². The van der Waals surface area contributed by atoms with Crippen molar-refractivity contribution >= 4 is 16.7 Å². The van der Waals surface area contributed by atoms with E-state index >= 15 is 0 Å². The molecule has 0 bridgehead atoms. The van der Waals surface area contributed by atoms with Crippen LogP contribution in [0.25, 0.3) is 10.8 Å². The first-order valence-corrected chi connectivity index (χ1v) is 9.49. The average molecular weight is 395 g/mol. The van der Waals surface area contributed by atoms with Crippen LogP contribution in [0.3, 0.4) is 0 Å². The van der Waals surface area contributed by atoms with E-state index in [1.54, 1.807) is 19.2 Å². The van der Waals surface area contributed by atoms with Gasteiger partial charge in [-0.05, 0) is 43.2 Å². The van der Waals surface area contributed by atoms with Gasteiger partial charge in [0.25, 0.3) is 0 Å². The van der Waals surface area contributed by atoms with Gasteiger partial charge in [-0.2, -0.15) is 0 Å². The van der Waals surface area contributed by atoms with Crippen LogP contribution in [0.15, 0.2) is 42.6 Å². The molecule has 0 aliphatic carbocycles. The van der Waals surface area contributed by atoms with Crippen LogP contribution in [0.4, 0.5) is 0 Å². The number of ether oxygens (including phenoxy) is 3. The molecule has 3 aromatic rings. The molecule has 0 radical (unpaired) electrons. The molecule has 0 saturated carbocycles. The molecule has 1 aromatic heterocycles. The molecular weight excluding hydrogens is 370 g/mol. The van der Waals surface area contributed by atoms with Crippen LogP contribution in [-0.4, -0.2) is 36.4 Å². The largest absolute Gasteiger partial charge is 0.493 e. The molecule has 1 unspecified atom stereocenters. The van der Waals surface area contributed by atoms with Gasteiger partial charge in [-0.3, -0.25) is 4.98 Å². The fraction of sp³-hybridized carbons (Fsp3) is 0.304. The molecule has 0 aliphatic heterocycles. The van der Waals surface area contributed by atoms with Crippen LogP contribution < -0.4 is 14.2 Å². The minimum absolute atomic E-state index is 0.124.